The summed E-state index contributed by atoms with van der Waals surface area (Å²) in [6.07, 6.45) is 7.47. The largest absolute Gasteiger partial charge is 0.460 e. The van der Waals surface area contributed by atoms with Gasteiger partial charge in [0.25, 0.3) is 0 Å². The second-order valence-electron chi connectivity index (χ2n) is 9.74. The molecule has 0 unspecified atom stereocenters. The van der Waals surface area contributed by atoms with Gasteiger partial charge in [-0.25, -0.2) is 5.43 Å². The molecule has 0 saturated heterocycles. The first-order valence-corrected chi connectivity index (χ1v) is 11.1. The van der Waals surface area contributed by atoms with Crippen LogP contribution in [0, 0.1) is 23.7 Å². The number of esters is 1. The van der Waals surface area contributed by atoms with E-state index in [1.807, 2.05) is 63.3 Å². The van der Waals surface area contributed by atoms with Crippen molar-refractivity contribution in [3.63, 3.8) is 0 Å². The first kappa shape index (κ1) is 24.1. The van der Waals surface area contributed by atoms with E-state index in [-0.39, 0.29) is 17.8 Å². The zero-order chi connectivity index (χ0) is 22.1. The molecular weight excluding hydrogens is 376 g/mol. The summed E-state index contributed by atoms with van der Waals surface area (Å²) in [5.74, 6) is -0.491. The zero-order valence-corrected chi connectivity index (χ0v) is 19.1. The Balaban J connectivity index is 2.15. The fraction of sp³-hybridized carbons (Fsp3) is 0.600. The van der Waals surface area contributed by atoms with E-state index in [1.54, 1.807) is 0 Å². The molecule has 166 valence electrons. The number of carbonyl (C=O) groups excluding carboxylic acids is 2. The second kappa shape index (κ2) is 11.3. The number of amides is 1. The van der Waals surface area contributed by atoms with E-state index in [0.29, 0.717) is 18.8 Å². The van der Waals surface area contributed by atoms with Crippen LogP contribution in [0.5, 0.6) is 0 Å². The molecule has 0 radical (unpaired) electrons. The summed E-state index contributed by atoms with van der Waals surface area (Å²) in [6.45, 7) is 10.5. The fourth-order valence-corrected chi connectivity index (χ4v) is 3.38. The van der Waals surface area contributed by atoms with E-state index in [9.17, 15) is 9.59 Å². The number of hydrazine groups is 1. The van der Waals surface area contributed by atoms with Crippen molar-refractivity contribution in [2.45, 2.75) is 65.9 Å². The molecule has 1 aliphatic rings. The number of ether oxygens (including phenoxy) is 1. The minimum absolute atomic E-state index is 0.131. The summed E-state index contributed by atoms with van der Waals surface area (Å²) in [5.41, 5.74) is 6.37. The average molecular weight is 415 g/mol. The number of carbonyl (C=O) groups is 2. The van der Waals surface area contributed by atoms with Crippen LogP contribution in [-0.4, -0.2) is 24.0 Å². The number of hydrogen-bond acceptors (Lipinski definition) is 4. The third-order valence-corrected chi connectivity index (χ3v) is 5.06. The van der Waals surface area contributed by atoms with Crippen LogP contribution in [0.25, 0.3) is 6.08 Å². The molecule has 2 rings (SSSR count). The van der Waals surface area contributed by atoms with Gasteiger partial charge >= 0.3 is 5.97 Å². The molecule has 5 heteroatoms. The molecule has 1 aromatic carbocycles. The molecule has 0 aromatic heterocycles. The number of rotatable bonds is 11. The molecule has 0 heterocycles. The van der Waals surface area contributed by atoms with Crippen LogP contribution >= 0.6 is 0 Å². The minimum atomic E-state index is -0.596. The van der Waals surface area contributed by atoms with Crippen molar-refractivity contribution in [1.29, 1.82) is 0 Å². The molecule has 0 bridgehead atoms. The standard InChI is InChI=1S/C25H38N2O3/c1-18(2)16-22(23(28)27-26-17-20-14-15-20)21(24(29)30-25(3,4)5)13-9-12-19-10-7-6-8-11-19/h6-12,18,20-22,26H,13-17H2,1-5H3,(H,27,28)/b12-9+/t21-,22+/m0/s1. The first-order chi connectivity index (χ1) is 14.2. The van der Waals surface area contributed by atoms with Crippen molar-refractivity contribution in [3.05, 3.63) is 42.0 Å². The van der Waals surface area contributed by atoms with E-state index in [4.69, 9.17) is 4.74 Å². The summed E-state index contributed by atoms with van der Waals surface area (Å²) in [5, 5.41) is 0. The molecule has 0 aliphatic heterocycles. The van der Waals surface area contributed by atoms with E-state index in [1.165, 1.54) is 12.8 Å². The smallest absolute Gasteiger partial charge is 0.310 e. The third kappa shape index (κ3) is 9.12. The van der Waals surface area contributed by atoms with Gasteiger partial charge < -0.3 is 4.74 Å². The SMILES string of the molecule is CC(C)C[C@@H](C(=O)NNCC1CC1)[C@H](C/C=C/c1ccccc1)C(=O)OC(C)(C)C. The average Bonchev–Trinajstić information content (AvgIpc) is 3.47. The Morgan fingerprint density at radius 2 is 1.80 bits per heavy atom. The van der Waals surface area contributed by atoms with Gasteiger partial charge in [-0.05, 0) is 63.9 Å². The van der Waals surface area contributed by atoms with Crippen molar-refractivity contribution in [2.75, 3.05) is 6.54 Å². The van der Waals surface area contributed by atoms with Gasteiger partial charge in [-0.2, -0.15) is 0 Å². The van der Waals surface area contributed by atoms with Crippen LogP contribution < -0.4 is 10.9 Å². The third-order valence-electron chi connectivity index (χ3n) is 5.06. The van der Waals surface area contributed by atoms with Gasteiger partial charge in [0.1, 0.15) is 5.60 Å². The molecule has 1 amide bonds. The van der Waals surface area contributed by atoms with Crippen molar-refractivity contribution in [3.8, 4) is 0 Å². The summed E-state index contributed by atoms with van der Waals surface area (Å²) < 4.78 is 5.69. The lowest BCUT2D eigenvalue weighted by Gasteiger charge is -2.29. The highest BCUT2D eigenvalue weighted by Crippen LogP contribution is 2.29. The lowest BCUT2D eigenvalue weighted by atomic mass is 9.82. The van der Waals surface area contributed by atoms with Crippen LogP contribution in [0.3, 0.4) is 0 Å². The Morgan fingerprint density at radius 1 is 1.13 bits per heavy atom. The highest BCUT2D eigenvalue weighted by Gasteiger charge is 2.36. The van der Waals surface area contributed by atoms with Gasteiger partial charge in [0.15, 0.2) is 0 Å². The van der Waals surface area contributed by atoms with Crippen LogP contribution in [0.2, 0.25) is 0 Å². The van der Waals surface area contributed by atoms with Crippen molar-refractivity contribution < 1.29 is 14.3 Å². The van der Waals surface area contributed by atoms with E-state index < -0.39 is 17.4 Å². The van der Waals surface area contributed by atoms with E-state index in [0.717, 1.165) is 12.1 Å². The molecule has 2 N–H and O–H groups in total. The molecule has 1 fully saturated rings. The summed E-state index contributed by atoms with van der Waals surface area (Å²) in [7, 11) is 0. The summed E-state index contributed by atoms with van der Waals surface area (Å²) in [4.78, 5) is 26.1. The Morgan fingerprint density at radius 3 is 2.37 bits per heavy atom. The second-order valence-corrected chi connectivity index (χ2v) is 9.74. The lowest BCUT2D eigenvalue weighted by Crippen LogP contribution is -2.46. The zero-order valence-electron chi connectivity index (χ0n) is 19.1. The number of benzene rings is 1. The Kier molecular flexibility index (Phi) is 9.09. The van der Waals surface area contributed by atoms with Crippen LogP contribution in [0.4, 0.5) is 0 Å². The van der Waals surface area contributed by atoms with E-state index >= 15 is 0 Å². The fourth-order valence-electron chi connectivity index (χ4n) is 3.38. The molecule has 0 spiro atoms. The van der Waals surface area contributed by atoms with Gasteiger partial charge in [0, 0.05) is 6.54 Å². The molecule has 2 atom stereocenters. The van der Waals surface area contributed by atoms with Gasteiger partial charge in [0.2, 0.25) is 5.91 Å². The molecular formula is C25H38N2O3. The summed E-state index contributed by atoms with van der Waals surface area (Å²) in [6, 6.07) is 9.95. The maximum absolute atomic E-state index is 13.1. The quantitative estimate of drug-likeness (QED) is 0.405. The van der Waals surface area contributed by atoms with Crippen molar-refractivity contribution >= 4 is 18.0 Å². The first-order valence-electron chi connectivity index (χ1n) is 11.1. The molecule has 30 heavy (non-hydrogen) atoms. The van der Waals surface area contributed by atoms with Crippen LogP contribution in [0.15, 0.2) is 36.4 Å². The number of allylic oxidation sites excluding steroid dienone is 1. The maximum atomic E-state index is 13.1. The van der Waals surface area contributed by atoms with Crippen molar-refractivity contribution in [2.24, 2.45) is 23.7 Å². The highest BCUT2D eigenvalue weighted by molar-refractivity contribution is 5.85. The van der Waals surface area contributed by atoms with Gasteiger partial charge in [-0.1, -0.05) is 56.3 Å². The predicted molar refractivity (Wildman–Crippen MR) is 121 cm³/mol. The van der Waals surface area contributed by atoms with Gasteiger partial charge in [-0.3, -0.25) is 15.0 Å². The predicted octanol–water partition coefficient (Wildman–Crippen LogP) is 4.74. The van der Waals surface area contributed by atoms with Gasteiger partial charge in [-0.15, -0.1) is 0 Å². The van der Waals surface area contributed by atoms with E-state index in [2.05, 4.69) is 24.7 Å². The Labute approximate surface area is 181 Å². The van der Waals surface area contributed by atoms with Crippen LogP contribution in [0.1, 0.15) is 65.9 Å². The normalized spacial score (nSPS) is 16.5. The van der Waals surface area contributed by atoms with Crippen molar-refractivity contribution in [1.82, 2.24) is 10.9 Å². The molecule has 1 saturated carbocycles. The number of nitrogens with one attached hydrogen (secondary N) is 2. The minimum Gasteiger partial charge on any atom is -0.460 e. The maximum Gasteiger partial charge on any atom is 0.310 e. The topological polar surface area (TPSA) is 67.4 Å². The van der Waals surface area contributed by atoms with Crippen LogP contribution in [-0.2, 0) is 14.3 Å². The number of hydrogen-bond donors (Lipinski definition) is 2. The van der Waals surface area contributed by atoms with Gasteiger partial charge in [0.05, 0.1) is 11.8 Å². The monoisotopic (exact) mass is 414 g/mol. The highest BCUT2D eigenvalue weighted by atomic mass is 16.6. The summed E-state index contributed by atoms with van der Waals surface area (Å²) >= 11 is 0. The Bertz CT molecular complexity index is 703. The molecule has 1 aromatic rings. The Hall–Kier alpha value is -2.14. The lowest BCUT2D eigenvalue weighted by molar-refractivity contribution is -0.164. The molecule has 1 aliphatic carbocycles. The molecule has 5 nitrogen and oxygen atoms in total.